The zero-order valence-electron chi connectivity index (χ0n) is 15.8. The summed E-state index contributed by atoms with van der Waals surface area (Å²) in [5.74, 6) is 2.41. The van der Waals surface area contributed by atoms with Crippen molar-refractivity contribution in [1.29, 1.82) is 0 Å². The molecule has 0 aliphatic heterocycles. The third-order valence-electron chi connectivity index (χ3n) is 5.56. The number of alkyl halides is 1. The minimum Gasteiger partial charge on any atom is -0.489 e. The van der Waals surface area contributed by atoms with Gasteiger partial charge in [-0.15, -0.1) is 0 Å². The number of hydrogen-bond donors (Lipinski definition) is 1. The largest absolute Gasteiger partial charge is 0.489 e. The van der Waals surface area contributed by atoms with Crippen molar-refractivity contribution in [1.82, 2.24) is 4.98 Å². The average Bonchev–Trinajstić information content (AvgIpc) is 3.19. The van der Waals surface area contributed by atoms with E-state index in [2.05, 4.69) is 35.3 Å². The molecule has 0 radical (unpaired) electrons. The topological polar surface area (TPSA) is 61.3 Å². The molecule has 4 rings (SSSR count). The van der Waals surface area contributed by atoms with Crippen LogP contribution in [0.3, 0.4) is 0 Å². The lowest BCUT2D eigenvalue weighted by molar-refractivity contribution is 0.335. The monoisotopic (exact) mass is 380 g/mol. The summed E-state index contributed by atoms with van der Waals surface area (Å²) in [5.41, 5.74) is 8.73. The Morgan fingerprint density at radius 3 is 2.57 bits per heavy atom. The van der Waals surface area contributed by atoms with E-state index in [4.69, 9.17) is 14.9 Å². The Balaban J connectivity index is 1.42. The molecule has 0 bridgehead atoms. The molecule has 1 aliphatic carbocycles. The lowest BCUT2D eigenvalue weighted by Gasteiger charge is -2.27. The van der Waals surface area contributed by atoms with Gasteiger partial charge in [-0.1, -0.05) is 30.3 Å². The van der Waals surface area contributed by atoms with E-state index in [9.17, 15) is 4.39 Å². The Kier molecular flexibility index (Phi) is 5.60. The fourth-order valence-electron chi connectivity index (χ4n) is 3.89. The zero-order valence-corrected chi connectivity index (χ0v) is 15.8. The molecule has 2 aromatic carbocycles. The van der Waals surface area contributed by atoms with Crippen molar-refractivity contribution in [2.75, 3.05) is 13.3 Å². The van der Waals surface area contributed by atoms with Gasteiger partial charge in [-0.05, 0) is 55.5 Å². The van der Waals surface area contributed by atoms with Crippen LogP contribution in [0.15, 0.2) is 64.7 Å². The summed E-state index contributed by atoms with van der Waals surface area (Å²) in [6.45, 7) is -0.486. The van der Waals surface area contributed by atoms with Crippen LogP contribution in [0, 0.1) is 0 Å². The predicted octanol–water partition coefficient (Wildman–Crippen LogP) is 5.46. The van der Waals surface area contributed by atoms with E-state index in [1.165, 1.54) is 11.8 Å². The van der Waals surface area contributed by atoms with Gasteiger partial charge >= 0.3 is 0 Å². The van der Waals surface area contributed by atoms with Gasteiger partial charge < -0.3 is 14.9 Å². The molecule has 0 amide bonds. The maximum atomic E-state index is 12.7. The second kappa shape index (κ2) is 8.46. The molecule has 0 saturated heterocycles. The fraction of sp³-hybridized carbons (Fsp3) is 0.348. The Morgan fingerprint density at radius 1 is 1.11 bits per heavy atom. The first-order valence-corrected chi connectivity index (χ1v) is 9.80. The molecular weight excluding hydrogens is 355 g/mol. The van der Waals surface area contributed by atoms with Crippen LogP contribution in [0.25, 0.3) is 11.1 Å². The molecule has 1 saturated carbocycles. The highest BCUT2D eigenvalue weighted by Gasteiger charge is 2.26. The second-order valence-corrected chi connectivity index (χ2v) is 7.39. The number of fused-ring (bicyclic) bond motifs is 1. The lowest BCUT2D eigenvalue weighted by atomic mass is 9.79. The molecule has 2 N–H and O–H groups in total. The summed E-state index contributed by atoms with van der Waals surface area (Å²) in [7, 11) is 0. The van der Waals surface area contributed by atoms with Crippen molar-refractivity contribution in [3.05, 3.63) is 71.8 Å². The first-order chi connectivity index (χ1) is 13.8. The molecule has 1 aliphatic rings. The van der Waals surface area contributed by atoms with E-state index in [1.54, 1.807) is 0 Å². The van der Waals surface area contributed by atoms with Crippen molar-refractivity contribution in [2.45, 2.75) is 37.5 Å². The highest BCUT2D eigenvalue weighted by Crippen LogP contribution is 2.41. The molecule has 1 aromatic heterocycles. The first kappa shape index (κ1) is 18.5. The standard InChI is InChI=1S/C23H25FN2O2/c24-13-16(14-25)15-27-20-10-11-21-22(12-20)28-23(26-21)19-8-6-18(7-9-19)17-4-2-1-3-5-17/h1-5,10-12,14,18-19H,6-9,13,15,25H2/b16-14+. The van der Waals surface area contributed by atoms with E-state index in [0.29, 0.717) is 28.7 Å². The minimum absolute atomic E-state index is 0.128. The van der Waals surface area contributed by atoms with E-state index in [0.717, 1.165) is 37.1 Å². The molecule has 0 atom stereocenters. The van der Waals surface area contributed by atoms with E-state index < -0.39 is 6.67 Å². The highest BCUT2D eigenvalue weighted by atomic mass is 19.1. The van der Waals surface area contributed by atoms with E-state index in [-0.39, 0.29) is 6.61 Å². The molecular formula is C23H25FN2O2. The Labute approximate surface area is 164 Å². The molecule has 4 nitrogen and oxygen atoms in total. The molecule has 146 valence electrons. The summed E-state index contributed by atoms with van der Waals surface area (Å²) < 4.78 is 24.3. The van der Waals surface area contributed by atoms with Crippen molar-refractivity contribution in [3.8, 4) is 5.75 Å². The maximum absolute atomic E-state index is 12.7. The number of aromatic nitrogens is 1. The number of ether oxygens (including phenoxy) is 1. The molecule has 1 fully saturated rings. The Hall–Kier alpha value is -2.82. The Bertz CT molecular complexity index is 944. The number of benzene rings is 2. The minimum atomic E-state index is -0.614. The summed E-state index contributed by atoms with van der Waals surface area (Å²) >= 11 is 0. The van der Waals surface area contributed by atoms with Gasteiger partial charge in [0.2, 0.25) is 0 Å². The van der Waals surface area contributed by atoms with E-state index >= 15 is 0 Å². The predicted molar refractivity (Wildman–Crippen MR) is 108 cm³/mol. The summed E-state index contributed by atoms with van der Waals surface area (Å²) in [4.78, 5) is 4.69. The summed E-state index contributed by atoms with van der Waals surface area (Å²) in [5, 5.41) is 0. The van der Waals surface area contributed by atoms with Gasteiger partial charge in [-0.2, -0.15) is 0 Å². The number of halogens is 1. The number of nitrogens with zero attached hydrogens (tertiary/aromatic N) is 1. The van der Waals surface area contributed by atoms with Crippen LogP contribution in [0.5, 0.6) is 5.75 Å². The van der Waals surface area contributed by atoms with Crippen molar-refractivity contribution in [2.24, 2.45) is 5.73 Å². The van der Waals surface area contributed by atoms with Crippen LogP contribution < -0.4 is 10.5 Å². The van der Waals surface area contributed by atoms with Crippen LogP contribution in [0.2, 0.25) is 0 Å². The molecule has 5 heteroatoms. The quantitative estimate of drug-likeness (QED) is 0.617. The number of nitrogens with two attached hydrogens (primary N) is 1. The third kappa shape index (κ3) is 4.03. The molecule has 1 heterocycles. The lowest BCUT2D eigenvalue weighted by Crippen LogP contribution is -2.12. The maximum Gasteiger partial charge on any atom is 0.198 e. The van der Waals surface area contributed by atoms with Gasteiger partial charge in [-0.25, -0.2) is 9.37 Å². The van der Waals surface area contributed by atoms with Crippen LogP contribution in [0.4, 0.5) is 4.39 Å². The Morgan fingerprint density at radius 2 is 1.86 bits per heavy atom. The van der Waals surface area contributed by atoms with Gasteiger partial charge in [0.05, 0.1) is 0 Å². The normalized spacial score (nSPS) is 20.4. The van der Waals surface area contributed by atoms with Crippen LogP contribution in [0.1, 0.15) is 49.0 Å². The smallest absolute Gasteiger partial charge is 0.198 e. The molecule has 0 unspecified atom stereocenters. The number of hydrogen-bond acceptors (Lipinski definition) is 4. The third-order valence-corrected chi connectivity index (χ3v) is 5.56. The molecule has 28 heavy (non-hydrogen) atoms. The highest BCUT2D eigenvalue weighted by molar-refractivity contribution is 5.74. The van der Waals surface area contributed by atoms with Gasteiger partial charge in [-0.3, -0.25) is 0 Å². The molecule has 3 aromatic rings. The average molecular weight is 380 g/mol. The van der Waals surface area contributed by atoms with Gasteiger partial charge in [0.15, 0.2) is 11.5 Å². The second-order valence-electron chi connectivity index (χ2n) is 7.39. The fourth-order valence-corrected chi connectivity index (χ4v) is 3.89. The van der Waals surface area contributed by atoms with Gasteiger partial charge in [0.25, 0.3) is 0 Å². The summed E-state index contributed by atoms with van der Waals surface area (Å²) in [6.07, 6.45) is 5.71. The van der Waals surface area contributed by atoms with Gasteiger partial charge in [0, 0.05) is 17.6 Å². The summed E-state index contributed by atoms with van der Waals surface area (Å²) in [6, 6.07) is 16.3. The van der Waals surface area contributed by atoms with Crippen molar-refractivity contribution in [3.63, 3.8) is 0 Å². The zero-order chi connectivity index (χ0) is 19.3. The van der Waals surface area contributed by atoms with E-state index in [1.807, 2.05) is 18.2 Å². The first-order valence-electron chi connectivity index (χ1n) is 9.80. The van der Waals surface area contributed by atoms with Crippen LogP contribution in [-0.4, -0.2) is 18.3 Å². The SMILES string of the molecule is N/C=C(\CF)COc1ccc2nc(C3CCC(c4ccccc4)CC3)oc2c1. The number of oxazole rings is 1. The van der Waals surface area contributed by atoms with Gasteiger partial charge in [0.1, 0.15) is 24.5 Å². The van der Waals surface area contributed by atoms with Crippen molar-refractivity contribution < 1.29 is 13.5 Å². The number of rotatable bonds is 6. The van der Waals surface area contributed by atoms with Crippen LogP contribution >= 0.6 is 0 Å². The molecule has 0 spiro atoms. The van der Waals surface area contributed by atoms with Crippen molar-refractivity contribution >= 4 is 11.1 Å². The van der Waals surface area contributed by atoms with Crippen LogP contribution in [-0.2, 0) is 0 Å².